The van der Waals surface area contributed by atoms with E-state index in [1.807, 2.05) is 30.3 Å². The van der Waals surface area contributed by atoms with Gasteiger partial charge in [0.25, 0.3) is 6.01 Å². The molecular formula is C10H10N2O. The molecule has 2 rings (SSSR count). The van der Waals surface area contributed by atoms with Crippen LogP contribution < -0.4 is 0 Å². The molecule has 1 aromatic carbocycles. The molecule has 0 saturated carbocycles. The van der Waals surface area contributed by atoms with Gasteiger partial charge in [-0.25, -0.2) is 4.98 Å². The number of benzene rings is 1. The topological polar surface area (TPSA) is 48.9 Å². The predicted molar refractivity (Wildman–Crippen MR) is 49.5 cm³/mol. The number of nitrogens with zero attached hydrogens (tertiary/aromatic N) is 1. The third kappa shape index (κ3) is 1.87. The molecule has 0 aliphatic carbocycles. The van der Waals surface area contributed by atoms with Gasteiger partial charge in [0, 0.05) is 12.6 Å². The molecule has 0 bridgehead atoms. The lowest BCUT2D eigenvalue weighted by Gasteiger charge is -1.95. The Morgan fingerprint density at radius 2 is 2.00 bits per heavy atom. The van der Waals surface area contributed by atoms with Crippen LogP contribution in [0.25, 0.3) is 0 Å². The quantitative estimate of drug-likeness (QED) is 0.728. The third-order valence-corrected chi connectivity index (χ3v) is 1.85. The van der Waals surface area contributed by atoms with Gasteiger partial charge in [-0.05, 0) is 5.56 Å². The van der Waals surface area contributed by atoms with E-state index in [0.29, 0.717) is 0 Å². The zero-order valence-corrected chi connectivity index (χ0v) is 7.07. The third-order valence-electron chi connectivity index (χ3n) is 1.85. The predicted octanol–water partition coefficient (Wildman–Crippen LogP) is 1.71. The molecule has 0 aliphatic rings. The van der Waals surface area contributed by atoms with Gasteiger partial charge in [-0.1, -0.05) is 30.3 Å². The van der Waals surface area contributed by atoms with Crippen molar-refractivity contribution in [3.63, 3.8) is 0 Å². The van der Waals surface area contributed by atoms with Crippen molar-refractivity contribution in [1.82, 2.24) is 9.97 Å². The van der Waals surface area contributed by atoms with Gasteiger partial charge >= 0.3 is 0 Å². The van der Waals surface area contributed by atoms with E-state index in [1.54, 1.807) is 6.20 Å². The van der Waals surface area contributed by atoms with Crippen LogP contribution in [0.4, 0.5) is 0 Å². The van der Waals surface area contributed by atoms with Crippen LogP contribution in [0, 0.1) is 0 Å². The lowest BCUT2D eigenvalue weighted by atomic mass is 10.1. The maximum absolute atomic E-state index is 8.96. The fraction of sp³-hybridized carbons (Fsp3) is 0.100. The summed E-state index contributed by atoms with van der Waals surface area (Å²) in [5.74, 6) is 0. The highest BCUT2D eigenvalue weighted by Crippen LogP contribution is 2.08. The standard InChI is InChI=1S/C10H10N2O/c13-10-11-7-9(12-10)6-8-4-2-1-3-5-8/h1-5,7H,6H2,(H2,11,12,13). The molecular weight excluding hydrogens is 164 g/mol. The molecule has 0 fully saturated rings. The summed E-state index contributed by atoms with van der Waals surface area (Å²) >= 11 is 0. The van der Waals surface area contributed by atoms with Gasteiger partial charge in [0.1, 0.15) is 0 Å². The highest BCUT2D eigenvalue weighted by atomic mass is 16.3. The van der Waals surface area contributed by atoms with E-state index in [0.717, 1.165) is 12.1 Å². The summed E-state index contributed by atoms with van der Waals surface area (Å²) in [5.41, 5.74) is 2.04. The van der Waals surface area contributed by atoms with Crippen molar-refractivity contribution in [3.8, 4) is 6.01 Å². The second-order valence-corrected chi connectivity index (χ2v) is 2.88. The molecule has 13 heavy (non-hydrogen) atoms. The molecule has 0 atom stereocenters. The normalized spacial score (nSPS) is 10.2. The lowest BCUT2D eigenvalue weighted by Crippen LogP contribution is -1.86. The molecule has 0 saturated heterocycles. The van der Waals surface area contributed by atoms with E-state index >= 15 is 0 Å². The summed E-state index contributed by atoms with van der Waals surface area (Å²) < 4.78 is 0. The minimum absolute atomic E-state index is 0.0223. The minimum atomic E-state index is -0.0223. The van der Waals surface area contributed by atoms with Gasteiger partial charge in [-0.15, -0.1) is 0 Å². The number of aromatic hydroxyl groups is 1. The molecule has 66 valence electrons. The molecule has 2 N–H and O–H groups in total. The van der Waals surface area contributed by atoms with Crippen LogP contribution in [0.15, 0.2) is 36.5 Å². The van der Waals surface area contributed by atoms with Crippen LogP contribution in [0.2, 0.25) is 0 Å². The number of imidazole rings is 1. The van der Waals surface area contributed by atoms with Gasteiger partial charge in [-0.3, -0.25) is 0 Å². The average Bonchev–Trinajstić information content (AvgIpc) is 2.53. The van der Waals surface area contributed by atoms with Crippen molar-refractivity contribution >= 4 is 0 Å². The molecule has 0 radical (unpaired) electrons. The molecule has 3 heteroatoms. The fourth-order valence-corrected chi connectivity index (χ4v) is 1.24. The first-order chi connectivity index (χ1) is 6.34. The fourth-order valence-electron chi connectivity index (χ4n) is 1.24. The van der Waals surface area contributed by atoms with Crippen molar-refractivity contribution < 1.29 is 5.11 Å². The first kappa shape index (κ1) is 7.86. The first-order valence-corrected chi connectivity index (χ1v) is 4.12. The maximum atomic E-state index is 8.96. The molecule has 0 unspecified atom stereocenters. The van der Waals surface area contributed by atoms with Crippen molar-refractivity contribution in [3.05, 3.63) is 47.8 Å². The number of H-pyrrole nitrogens is 1. The van der Waals surface area contributed by atoms with Crippen molar-refractivity contribution in [1.29, 1.82) is 0 Å². The maximum Gasteiger partial charge on any atom is 0.291 e. The Kier molecular flexibility index (Phi) is 2.00. The number of hydrogen-bond donors (Lipinski definition) is 2. The van der Waals surface area contributed by atoms with E-state index < -0.39 is 0 Å². The Morgan fingerprint density at radius 3 is 2.62 bits per heavy atom. The molecule has 1 aromatic heterocycles. The molecule has 2 aromatic rings. The van der Waals surface area contributed by atoms with Crippen LogP contribution >= 0.6 is 0 Å². The molecule has 1 heterocycles. The Balaban J connectivity index is 2.15. The van der Waals surface area contributed by atoms with E-state index in [9.17, 15) is 0 Å². The Bertz CT molecular complexity index is 381. The number of rotatable bonds is 2. The van der Waals surface area contributed by atoms with E-state index in [-0.39, 0.29) is 6.01 Å². The van der Waals surface area contributed by atoms with Crippen molar-refractivity contribution in [2.45, 2.75) is 6.42 Å². The summed E-state index contributed by atoms with van der Waals surface area (Å²) in [5, 5.41) is 8.96. The summed E-state index contributed by atoms with van der Waals surface area (Å²) in [6.45, 7) is 0. The Hall–Kier alpha value is -1.77. The summed E-state index contributed by atoms with van der Waals surface area (Å²) in [6, 6.07) is 10.00. The van der Waals surface area contributed by atoms with Crippen molar-refractivity contribution in [2.75, 3.05) is 0 Å². The van der Waals surface area contributed by atoms with Gasteiger partial charge < -0.3 is 10.1 Å². The molecule has 0 spiro atoms. The van der Waals surface area contributed by atoms with E-state index in [4.69, 9.17) is 5.11 Å². The highest BCUT2D eigenvalue weighted by molar-refractivity contribution is 5.21. The monoisotopic (exact) mass is 174 g/mol. The zero-order valence-electron chi connectivity index (χ0n) is 7.07. The SMILES string of the molecule is Oc1nc(Cc2ccccc2)c[nH]1. The van der Waals surface area contributed by atoms with Gasteiger partial charge in [0.2, 0.25) is 0 Å². The number of aromatic amines is 1. The van der Waals surface area contributed by atoms with Crippen molar-refractivity contribution in [2.24, 2.45) is 0 Å². The van der Waals surface area contributed by atoms with E-state index in [2.05, 4.69) is 9.97 Å². The summed E-state index contributed by atoms with van der Waals surface area (Å²) in [7, 11) is 0. The Labute approximate surface area is 76.1 Å². The number of aromatic nitrogens is 2. The molecule has 0 aliphatic heterocycles. The Morgan fingerprint density at radius 1 is 1.23 bits per heavy atom. The number of hydrogen-bond acceptors (Lipinski definition) is 2. The molecule has 3 nitrogen and oxygen atoms in total. The van der Waals surface area contributed by atoms with E-state index in [1.165, 1.54) is 5.56 Å². The minimum Gasteiger partial charge on any atom is -0.480 e. The highest BCUT2D eigenvalue weighted by Gasteiger charge is 1.99. The van der Waals surface area contributed by atoms with Crippen LogP contribution in [-0.2, 0) is 6.42 Å². The van der Waals surface area contributed by atoms with Crippen LogP contribution in [0.1, 0.15) is 11.3 Å². The zero-order chi connectivity index (χ0) is 9.10. The van der Waals surface area contributed by atoms with Crippen LogP contribution in [0.3, 0.4) is 0 Å². The smallest absolute Gasteiger partial charge is 0.291 e. The second kappa shape index (κ2) is 3.31. The van der Waals surface area contributed by atoms with Crippen LogP contribution in [-0.4, -0.2) is 15.1 Å². The molecule has 0 amide bonds. The summed E-state index contributed by atoms with van der Waals surface area (Å²) in [4.78, 5) is 6.54. The average molecular weight is 174 g/mol. The summed E-state index contributed by atoms with van der Waals surface area (Å²) in [6.07, 6.45) is 2.46. The lowest BCUT2D eigenvalue weighted by molar-refractivity contribution is 0.436. The van der Waals surface area contributed by atoms with Crippen LogP contribution in [0.5, 0.6) is 6.01 Å². The van der Waals surface area contributed by atoms with Gasteiger partial charge in [0.05, 0.1) is 5.69 Å². The number of nitrogens with one attached hydrogen (secondary N) is 1. The largest absolute Gasteiger partial charge is 0.480 e. The second-order valence-electron chi connectivity index (χ2n) is 2.88. The van der Waals surface area contributed by atoms with Gasteiger partial charge in [0.15, 0.2) is 0 Å². The van der Waals surface area contributed by atoms with Gasteiger partial charge in [-0.2, -0.15) is 0 Å². The first-order valence-electron chi connectivity index (χ1n) is 4.12.